The molecule has 1 aliphatic heterocycles. The lowest BCUT2D eigenvalue weighted by Gasteiger charge is -2.29. The van der Waals surface area contributed by atoms with Gasteiger partial charge in [-0.3, -0.25) is 9.30 Å². The first-order valence-corrected chi connectivity index (χ1v) is 11.3. The predicted octanol–water partition coefficient (Wildman–Crippen LogP) is 4.91. The minimum Gasteiger partial charge on any atom is -0.392 e. The highest BCUT2D eigenvalue weighted by molar-refractivity contribution is 5.84. The minimum absolute atomic E-state index is 0.0148. The molecule has 5 rings (SSSR count). The van der Waals surface area contributed by atoms with E-state index in [0.29, 0.717) is 23.6 Å². The predicted molar refractivity (Wildman–Crippen MR) is 123 cm³/mol. The number of benzene rings is 1. The van der Waals surface area contributed by atoms with E-state index in [0.717, 1.165) is 16.5 Å². The van der Waals surface area contributed by atoms with Crippen molar-refractivity contribution in [3.8, 4) is 11.5 Å². The zero-order chi connectivity index (χ0) is 24.3. The fourth-order valence-electron chi connectivity index (χ4n) is 4.73. The van der Waals surface area contributed by atoms with Crippen LogP contribution in [0.5, 0.6) is 0 Å². The van der Waals surface area contributed by atoms with Crippen molar-refractivity contribution in [3.63, 3.8) is 0 Å². The summed E-state index contributed by atoms with van der Waals surface area (Å²) in [6.07, 6.45) is -3.48. The monoisotopic (exact) mass is 469 g/mol. The molecule has 2 atom stereocenters. The molecule has 1 fully saturated rings. The molecule has 0 spiro atoms. The highest BCUT2D eigenvalue weighted by atomic mass is 19.4. The molecule has 0 aliphatic carbocycles. The van der Waals surface area contributed by atoms with Crippen LogP contribution < -0.4 is 0 Å². The standard InChI is InChI=1S/C25H26F3N5O/c1-24(2,3)18-6-4-5-15-7-9-19(29-21(15)18)23-31-30-20-10-8-16(13-33(20)23)22(25(26,27)28)32-12-11-17(34)14-32/h4-10,13,17,22,34H,11-12,14H2,1-3H3. The highest BCUT2D eigenvalue weighted by Crippen LogP contribution is 2.40. The summed E-state index contributed by atoms with van der Waals surface area (Å²) in [7, 11) is 0. The number of halogens is 3. The second kappa shape index (κ2) is 8.02. The van der Waals surface area contributed by atoms with Crippen LogP contribution in [0.25, 0.3) is 28.1 Å². The maximum absolute atomic E-state index is 14.1. The second-order valence-corrected chi connectivity index (χ2v) is 9.92. The van der Waals surface area contributed by atoms with Gasteiger partial charge in [0.25, 0.3) is 0 Å². The summed E-state index contributed by atoms with van der Waals surface area (Å²) in [5.41, 5.74) is 2.82. The highest BCUT2D eigenvalue weighted by Gasteiger charge is 2.46. The first-order chi connectivity index (χ1) is 16.0. The van der Waals surface area contributed by atoms with Crippen LogP contribution in [0.1, 0.15) is 44.4 Å². The van der Waals surface area contributed by atoms with Gasteiger partial charge in [0, 0.05) is 24.7 Å². The zero-order valence-corrected chi connectivity index (χ0v) is 19.2. The van der Waals surface area contributed by atoms with Crippen LogP contribution in [0, 0.1) is 0 Å². The quantitative estimate of drug-likeness (QED) is 0.462. The van der Waals surface area contributed by atoms with Crippen LogP contribution in [-0.4, -0.2) is 55.0 Å². The van der Waals surface area contributed by atoms with Gasteiger partial charge in [-0.15, -0.1) is 10.2 Å². The lowest BCUT2D eigenvalue weighted by molar-refractivity contribution is -0.184. The zero-order valence-electron chi connectivity index (χ0n) is 19.2. The number of aliphatic hydroxyl groups is 1. The third-order valence-corrected chi connectivity index (χ3v) is 6.37. The molecule has 34 heavy (non-hydrogen) atoms. The van der Waals surface area contributed by atoms with Crippen molar-refractivity contribution in [1.29, 1.82) is 0 Å². The molecule has 1 saturated heterocycles. The first-order valence-electron chi connectivity index (χ1n) is 11.3. The summed E-state index contributed by atoms with van der Waals surface area (Å²) in [4.78, 5) is 6.13. The van der Waals surface area contributed by atoms with Gasteiger partial charge in [-0.2, -0.15) is 13.2 Å². The summed E-state index contributed by atoms with van der Waals surface area (Å²) >= 11 is 0. The Hall–Kier alpha value is -3.04. The molecule has 1 N–H and O–H groups in total. The minimum atomic E-state index is -4.49. The van der Waals surface area contributed by atoms with E-state index in [2.05, 4.69) is 31.0 Å². The van der Waals surface area contributed by atoms with E-state index in [1.807, 2.05) is 30.3 Å². The van der Waals surface area contributed by atoms with Crippen molar-refractivity contribution < 1.29 is 18.3 Å². The van der Waals surface area contributed by atoms with Crippen LogP contribution in [0.15, 0.2) is 48.7 Å². The number of nitrogens with zero attached hydrogens (tertiary/aromatic N) is 5. The molecule has 2 unspecified atom stereocenters. The van der Waals surface area contributed by atoms with E-state index in [9.17, 15) is 18.3 Å². The first kappa shape index (κ1) is 22.7. The molecule has 6 nitrogen and oxygen atoms in total. The Morgan fingerprint density at radius 3 is 2.50 bits per heavy atom. The van der Waals surface area contributed by atoms with Gasteiger partial charge in [0.05, 0.1) is 11.6 Å². The van der Waals surface area contributed by atoms with Crippen molar-refractivity contribution >= 4 is 16.6 Å². The largest absolute Gasteiger partial charge is 0.408 e. The smallest absolute Gasteiger partial charge is 0.392 e. The summed E-state index contributed by atoms with van der Waals surface area (Å²) < 4.78 is 43.8. The number of hydrogen-bond acceptors (Lipinski definition) is 5. The summed E-state index contributed by atoms with van der Waals surface area (Å²) in [5, 5.41) is 19.2. The van der Waals surface area contributed by atoms with Crippen LogP contribution >= 0.6 is 0 Å². The molecule has 0 radical (unpaired) electrons. The molecule has 0 saturated carbocycles. The van der Waals surface area contributed by atoms with Gasteiger partial charge in [-0.05, 0) is 35.1 Å². The SMILES string of the molecule is CC(C)(C)c1cccc2ccc(-c3nnc4ccc(C(N5CCC(O)C5)C(F)(F)F)cn34)nc12. The number of pyridine rings is 2. The Balaban J connectivity index is 1.63. The number of aliphatic hydroxyl groups excluding tert-OH is 1. The molecule has 0 amide bonds. The van der Waals surface area contributed by atoms with Gasteiger partial charge in [0.1, 0.15) is 11.7 Å². The van der Waals surface area contributed by atoms with E-state index in [4.69, 9.17) is 4.98 Å². The van der Waals surface area contributed by atoms with Crippen LogP contribution in [0.4, 0.5) is 13.2 Å². The maximum atomic E-state index is 14.1. The van der Waals surface area contributed by atoms with Gasteiger partial charge in [0.2, 0.25) is 0 Å². The molecule has 0 bridgehead atoms. The average molecular weight is 470 g/mol. The number of fused-ring (bicyclic) bond motifs is 2. The number of rotatable bonds is 3. The molecule has 9 heteroatoms. The number of hydrogen-bond donors (Lipinski definition) is 1. The molecular weight excluding hydrogens is 443 g/mol. The Labute approximate surface area is 195 Å². The Morgan fingerprint density at radius 1 is 1.03 bits per heavy atom. The number of alkyl halides is 3. The number of aromatic nitrogens is 4. The third kappa shape index (κ3) is 4.03. The molecule has 1 aromatic carbocycles. The van der Waals surface area contributed by atoms with Gasteiger partial charge in [-0.1, -0.05) is 51.1 Å². The number of likely N-dealkylation sites (tertiary alicyclic amines) is 1. The van der Waals surface area contributed by atoms with Gasteiger partial charge in [-0.25, -0.2) is 4.98 Å². The van der Waals surface area contributed by atoms with Gasteiger partial charge < -0.3 is 5.11 Å². The summed E-state index contributed by atoms with van der Waals surface area (Å²) in [5.74, 6) is 0.379. The molecular formula is C25H26F3N5O. The molecule has 4 heterocycles. The second-order valence-electron chi connectivity index (χ2n) is 9.92. The topological polar surface area (TPSA) is 66.5 Å². The maximum Gasteiger partial charge on any atom is 0.408 e. The van der Waals surface area contributed by atoms with Crippen LogP contribution in [0.3, 0.4) is 0 Å². The van der Waals surface area contributed by atoms with E-state index >= 15 is 0 Å². The number of β-amino-alcohol motifs (C(OH)–C–C–N with tert-alkyl or cyclic N) is 1. The fraction of sp³-hybridized carbons (Fsp3) is 0.400. The lowest BCUT2D eigenvalue weighted by Crippen LogP contribution is -2.37. The van der Waals surface area contributed by atoms with Crippen LogP contribution in [0.2, 0.25) is 0 Å². The Bertz CT molecular complexity index is 1360. The Morgan fingerprint density at radius 2 is 1.82 bits per heavy atom. The van der Waals surface area contributed by atoms with Crippen molar-refractivity contribution in [1.82, 2.24) is 24.5 Å². The van der Waals surface area contributed by atoms with Gasteiger partial charge >= 0.3 is 6.18 Å². The van der Waals surface area contributed by atoms with Crippen molar-refractivity contribution in [2.24, 2.45) is 0 Å². The van der Waals surface area contributed by atoms with Crippen molar-refractivity contribution in [2.45, 2.75) is 50.9 Å². The van der Waals surface area contributed by atoms with E-state index in [1.165, 1.54) is 17.2 Å². The summed E-state index contributed by atoms with van der Waals surface area (Å²) in [6, 6.07) is 10.9. The molecule has 4 aromatic rings. The van der Waals surface area contributed by atoms with Gasteiger partial charge in [0.15, 0.2) is 11.5 Å². The molecule has 3 aromatic heterocycles. The average Bonchev–Trinajstić information content (AvgIpc) is 3.37. The van der Waals surface area contributed by atoms with Crippen LogP contribution in [-0.2, 0) is 5.41 Å². The fourth-order valence-corrected chi connectivity index (χ4v) is 4.73. The molecule has 178 valence electrons. The van der Waals surface area contributed by atoms with Crippen molar-refractivity contribution in [2.75, 3.05) is 13.1 Å². The van der Waals surface area contributed by atoms with E-state index < -0.39 is 18.3 Å². The lowest BCUT2D eigenvalue weighted by atomic mass is 9.85. The number of para-hydroxylation sites is 1. The third-order valence-electron chi connectivity index (χ3n) is 6.37. The molecule has 1 aliphatic rings. The summed E-state index contributed by atoms with van der Waals surface area (Å²) in [6.45, 7) is 6.50. The van der Waals surface area contributed by atoms with E-state index in [1.54, 1.807) is 10.5 Å². The Kier molecular flexibility index (Phi) is 5.37. The van der Waals surface area contributed by atoms with Crippen molar-refractivity contribution in [3.05, 3.63) is 59.8 Å². The van der Waals surface area contributed by atoms with E-state index in [-0.39, 0.29) is 24.1 Å². The normalized spacial score (nSPS) is 18.7.